The zero-order valence-electron chi connectivity index (χ0n) is 6.95. The van der Waals surface area contributed by atoms with E-state index in [1.54, 1.807) is 12.1 Å². The molecule has 0 aromatic carbocycles. The fraction of sp³-hybridized carbons (Fsp3) is 0. The first-order valence-electron chi connectivity index (χ1n) is 3.79. The summed E-state index contributed by atoms with van der Waals surface area (Å²) >= 11 is 5.79. The van der Waals surface area contributed by atoms with E-state index in [-0.39, 0.29) is 22.2 Å². The first-order chi connectivity index (χ1) is 6.68. The van der Waals surface area contributed by atoms with Gasteiger partial charge in [-0.3, -0.25) is 4.79 Å². The highest BCUT2D eigenvalue weighted by Gasteiger charge is 2.13. The highest BCUT2D eigenvalue weighted by molar-refractivity contribution is 6.35. The second-order valence-corrected chi connectivity index (χ2v) is 3.02. The van der Waals surface area contributed by atoms with E-state index in [2.05, 4.69) is 10.1 Å². The minimum atomic E-state index is -0.242. The standard InChI is InChI=1S/C8H6ClN3O2/c9-6-7(14-12-8(6)10)4-2-1-3-5(13)11-4/h1-3H,(H2,10,12)(H,11,13). The highest BCUT2D eigenvalue weighted by atomic mass is 35.5. The summed E-state index contributed by atoms with van der Waals surface area (Å²) in [5.74, 6) is 0.369. The first-order valence-corrected chi connectivity index (χ1v) is 4.16. The Morgan fingerprint density at radius 2 is 2.29 bits per heavy atom. The monoisotopic (exact) mass is 211 g/mol. The van der Waals surface area contributed by atoms with Gasteiger partial charge in [-0.05, 0) is 6.07 Å². The molecule has 2 rings (SSSR count). The van der Waals surface area contributed by atoms with Gasteiger partial charge >= 0.3 is 0 Å². The van der Waals surface area contributed by atoms with Crippen molar-refractivity contribution in [2.75, 3.05) is 5.73 Å². The van der Waals surface area contributed by atoms with Crippen LogP contribution < -0.4 is 11.3 Å². The van der Waals surface area contributed by atoms with Gasteiger partial charge in [0, 0.05) is 6.07 Å². The lowest BCUT2D eigenvalue weighted by Crippen LogP contribution is -2.03. The van der Waals surface area contributed by atoms with E-state index in [1.165, 1.54) is 6.07 Å². The number of hydrogen-bond donors (Lipinski definition) is 2. The van der Waals surface area contributed by atoms with E-state index in [4.69, 9.17) is 21.9 Å². The summed E-state index contributed by atoms with van der Waals surface area (Å²) in [7, 11) is 0. The molecular formula is C8H6ClN3O2. The van der Waals surface area contributed by atoms with Crippen molar-refractivity contribution in [2.45, 2.75) is 0 Å². The Kier molecular flexibility index (Phi) is 2.01. The Balaban J connectivity index is 2.60. The summed E-state index contributed by atoms with van der Waals surface area (Å²) in [4.78, 5) is 13.5. The number of anilines is 1. The third-order valence-electron chi connectivity index (χ3n) is 1.67. The lowest BCUT2D eigenvalue weighted by molar-refractivity contribution is 0.434. The van der Waals surface area contributed by atoms with Gasteiger partial charge in [0.15, 0.2) is 5.82 Å². The average Bonchev–Trinajstić information content (AvgIpc) is 2.48. The van der Waals surface area contributed by atoms with Crippen LogP contribution in [0.1, 0.15) is 0 Å². The highest BCUT2D eigenvalue weighted by Crippen LogP contribution is 2.29. The fourth-order valence-electron chi connectivity index (χ4n) is 1.04. The molecule has 0 amide bonds. The molecular weight excluding hydrogens is 206 g/mol. The quantitative estimate of drug-likeness (QED) is 0.744. The maximum Gasteiger partial charge on any atom is 0.248 e. The molecule has 0 bridgehead atoms. The molecule has 0 saturated carbocycles. The van der Waals surface area contributed by atoms with Gasteiger partial charge in [-0.15, -0.1) is 0 Å². The number of nitrogens with one attached hydrogen (secondary N) is 1. The predicted molar refractivity (Wildman–Crippen MR) is 52.0 cm³/mol. The Hall–Kier alpha value is -1.75. The van der Waals surface area contributed by atoms with E-state index < -0.39 is 0 Å². The fourth-order valence-corrected chi connectivity index (χ4v) is 1.21. The number of nitrogens with two attached hydrogens (primary N) is 1. The maximum atomic E-state index is 11.0. The molecule has 0 aliphatic rings. The third-order valence-corrected chi connectivity index (χ3v) is 2.04. The molecule has 0 spiro atoms. The molecule has 0 atom stereocenters. The lowest BCUT2D eigenvalue weighted by atomic mass is 10.3. The number of aromatic amines is 1. The molecule has 0 radical (unpaired) electrons. The first kappa shape index (κ1) is 8.83. The summed E-state index contributed by atoms with van der Waals surface area (Å²) in [6.45, 7) is 0. The Labute approximate surface area is 83.5 Å². The summed E-state index contributed by atoms with van der Waals surface area (Å²) in [5, 5.41) is 3.67. The van der Waals surface area contributed by atoms with Crippen LogP contribution in [0.3, 0.4) is 0 Å². The van der Waals surface area contributed by atoms with E-state index >= 15 is 0 Å². The Morgan fingerprint density at radius 3 is 2.86 bits per heavy atom. The van der Waals surface area contributed by atoms with Crippen LogP contribution in [0.2, 0.25) is 5.02 Å². The lowest BCUT2D eigenvalue weighted by Gasteiger charge is -1.94. The van der Waals surface area contributed by atoms with Crippen LogP contribution in [-0.4, -0.2) is 10.1 Å². The molecule has 3 N–H and O–H groups in total. The van der Waals surface area contributed by atoms with E-state index in [9.17, 15) is 4.79 Å². The minimum Gasteiger partial charge on any atom is -0.380 e. The SMILES string of the molecule is Nc1noc(-c2cccc(=O)[nH]2)c1Cl. The van der Waals surface area contributed by atoms with Crippen molar-refractivity contribution in [3.05, 3.63) is 33.6 Å². The second kappa shape index (κ2) is 3.19. The molecule has 0 saturated heterocycles. The van der Waals surface area contributed by atoms with Crippen LogP contribution in [0, 0.1) is 0 Å². The summed E-state index contributed by atoms with van der Waals surface area (Å²) < 4.78 is 4.86. The van der Waals surface area contributed by atoms with Crippen molar-refractivity contribution in [2.24, 2.45) is 0 Å². The Bertz CT molecular complexity index is 517. The number of aromatic nitrogens is 2. The molecule has 72 valence electrons. The number of pyridine rings is 1. The summed E-state index contributed by atoms with van der Waals surface area (Å²) in [6.07, 6.45) is 0. The molecule has 0 aliphatic carbocycles. The molecule has 2 aromatic heterocycles. The predicted octanol–water partition coefficient (Wildman–Crippen LogP) is 1.27. The van der Waals surface area contributed by atoms with Crippen LogP contribution in [0.15, 0.2) is 27.5 Å². The average molecular weight is 212 g/mol. The van der Waals surface area contributed by atoms with E-state index in [0.29, 0.717) is 5.69 Å². The summed E-state index contributed by atoms with van der Waals surface area (Å²) in [6, 6.07) is 4.62. The number of hydrogen-bond acceptors (Lipinski definition) is 4. The van der Waals surface area contributed by atoms with Gasteiger partial charge in [0.1, 0.15) is 5.02 Å². The van der Waals surface area contributed by atoms with Gasteiger partial charge in [0.2, 0.25) is 11.3 Å². The molecule has 0 aliphatic heterocycles. The Morgan fingerprint density at radius 1 is 1.50 bits per heavy atom. The van der Waals surface area contributed by atoms with Gasteiger partial charge < -0.3 is 15.2 Å². The van der Waals surface area contributed by atoms with Crippen molar-refractivity contribution >= 4 is 17.4 Å². The molecule has 2 aromatic rings. The topological polar surface area (TPSA) is 84.9 Å². The normalized spacial score (nSPS) is 10.4. The number of nitrogens with zero attached hydrogens (tertiary/aromatic N) is 1. The van der Waals surface area contributed by atoms with Crippen molar-refractivity contribution in [3.8, 4) is 11.5 Å². The van der Waals surface area contributed by atoms with E-state index in [1.807, 2.05) is 0 Å². The zero-order chi connectivity index (χ0) is 10.1. The van der Waals surface area contributed by atoms with Crippen molar-refractivity contribution in [1.82, 2.24) is 10.1 Å². The second-order valence-electron chi connectivity index (χ2n) is 2.64. The van der Waals surface area contributed by atoms with Gasteiger partial charge in [-0.25, -0.2) is 0 Å². The number of rotatable bonds is 1. The van der Waals surface area contributed by atoms with E-state index in [0.717, 1.165) is 0 Å². The molecule has 14 heavy (non-hydrogen) atoms. The van der Waals surface area contributed by atoms with Crippen LogP contribution in [0.25, 0.3) is 11.5 Å². The smallest absolute Gasteiger partial charge is 0.248 e. The molecule has 2 heterocycles. The van der Waals surface area contributed by atoms with Crippen molar-refractivity contribution < 1.29 is 4.52 Å². The molecule has 5 nitrogen and oxygen atoms in total. The van der Waals surface area contributed by atoms with Crippen LogP contribution in [-0.2, 0) is 0 Å². The van der Waals surface area contributed by atoms with Gasteiger partial charge in [0.25, 0.3) is 0 Å². The van der Waals surface area contributed by atoms with Crippen LogP contribution in [0.4, 0.5) is 5.82 Å². The third kappa shape index (κ3) is 1.38. The van der Waals surface area contributed by atoms with Gasteiger partial charge in [-0.2, -0.15) is 0 Å². The molecule has 6 heteroatoms. The van der Waals surface area contributed by atoms with Crippen molar-refractivity contribution in [3.63, 3.8) is 0 Å². The number of H-pyrrole nitrogens is 1. The molecule has 0 unspecified atom stereocenters. The van der Waals surface area contributed by atoms with Crippen LogP contribution >= 0.6 is 11.6 Å². The number of nitrogen functional groups attached to an aromatic ring is 1. The zero-order valence-corrected chi connectivity index (χ0v) is 7.71. The van der Waals surface area contributed by atoms with Gasteiger partial charge in [0.05, 0.1) is 5.69 Å². The van der Waals surface area contributed by atoms with Crippen molar-refractivity contribution in [1.29, 1.82) is 0 Å². The number of halogens is 1. The van der Waals surface area contributed by atoms with Crippen LogP contribution in [0.5, 0.6) is 0 Å². The summed E-state index contributed by atoms with van der Waals surface area (Å²) in [5.41, 5.74) is 5.60. The molecule has 0 fully saturated rings. The minimum absolute atomic E-state index is 0.103. The van der Waals surface area contributed by atoms with Gasteiger partial charge in [-0.1, -0.05) is 22.8 Å². The maximum absolute atomic E-state index is 11.0. The largest absolute Gasteiger partial charge is 0.380 e.